The lowest BCUT2D eigenvalue weighted by molar-refractivity contribution is -0.135. The summed E-state index contributed by atoms with van der Waals surface area (Å²) in [6.45, 7) is 9.69. The zero-order valence-corrected chi connectivity index (χ0v) is 15.7. The molecule has 1 heterocycles. The summed E-state index contributed by atoms with van der Waals surface area (Å²) in [4.78, 5) is 16.5. The molecule has 1 fully saturated rings. The van der Waals surface area contributed by atoms with Gasteiger partial charge in [0.05, 0.1) is 6.61 Å². The fourth-order valence-electron chi connectivity index (χ4n) is 2.92. The summed E-state index contributed by atoms with van der Waals surface area (Å²) in [5.74, 6) is 1.55. The highest BCUT2D eigenvalue weighted by Crippen LogP contribution is 2.20. The smallest absolute Gasteiger partial charge is 0.260 e. The third-order valence-corrected chi connectivity index (χ3v) is 4.61. The summed E-state index contributed by atoms with van der Waals surface area (Å²) in [7, 11) is 0. The molecule has 0 N–H and O–H groups in total. The second-order valence-corrected chi connectivity index (χ2v) is 6.49. The molecule has 0 atom stereocenters. The van der Waals surface area contributed by atoms with E-state index < -0.39 is 0 Å². The lowest BCUT2D eigenvalue weighted by Gasteiger charge is -2.33. The molecule has 25 heavy (non-hydrogen) atoms. The number of hydrogen-bond acceptors (Lipinski definition) is 4. The van der Waals surface area contributed by atoms with Crippen LogP contribution < -0.4 is 9.47 Å². The average Bonchev–Trinajstić information content (AvgIpc) is 2.66. The first-order valence-electron chi connectivity index (χ1n) is 9.58. The van der Waals surface area contributed by atoms with Gasteiger partial charge in [-0.05, 0) is 25.1 Å². The summed E-state index contributed by atoms with van der Waals surface area (Å²) in [6.07, 6.45) is 4.75. The van der Waals surface area contributed by atoms with E-state index in [4.69, 9.17) is 9.47 Å². The quantitative estimate of drug-likeness (QED) is 0.609. The molecule has 1 saturated heterocycles. The number of hydrogen-bond donors (Lipinski definition) is 0. The van der Waals surface area contributed by atoms with Gasteiger partial charge in [-0.3, -0.25) is 4.79 Å². The summed E-state index contributed by atoms with van der Waals surface area (Å²) >= 11 is 0. The molecule has 0 saturated carbocycles. The molecule has 1 amide bonds. The van der Waals surface area contributed by atoms with Gasteiger partial charge in [-0.2, -0.15) is 0 Å². The van der Waals surface area contributed by atoms with Crippen molar-refractivity contribution < 1.29 is 14.3 Å². The highest BCUT2D eigenvalue weighted by atomic mass is 16.5. The van der Waals surface area contributed by atoms with Gasteiger partial charge in [0, 0.05) is 32.2 Å². The molecule has 2 rings (SSSR count). The molecule has 140 valence electrons. The Morgan fingerprint density at radius 1 is 1.00 bits per heavy atom. The molecule has 1 aliphatic heterocycles. The van der Waals surface area contributed by atoms with Crippen molar-refractivity contribution in [2.24, 2.45) is 0 Å². The highest BCUT2D eigenvalue weighted by molar-refractivity contribution is 5.77. The summed E-state index contributed by atoms with van der Waals surface area (Å²) < 4.78 is 11.4. The number of amides is 1. The molecular weight excluding hydrogens is 316 g/mol. The fourth-order valence-corrected chi connectivity index (χ4v) is 2.92. The Morgan fingerprint density at radius 2 is 1.72 bits per heavy atom. The van der Waals surface area contributed by atoms with Gasteiger partial charge in [-0.25, -0.2) is 0 Å². The van der Waals surface area contributed by atoms with Gasteiger partial charge in [0.2, 0.25) is 0 Å². The van der Waals surface area contributed by atoms with Crippen LogP contribution in [0.3, 0.4) is 0 Å². The maximum Gasteiger partial charge on any atom is 0.260 e. The minimum Gasteiger partial charge on any atom is -0.493 e. The van der Waals surface area contributed by atoms with Crippen molar-refractivity contribution in [3.63, 3.8) is 0 Å². The number of carbonyl (C=O) groups is 1. The maximum atomic E-state index is 12.3. The average molecular weight is 348 g/mol. The number of carbonyl (C=O) groups excluding carboxylic acids is 1. The zero-order chi connectivity index (χ0) is 17.9. The Balaban J connectivity index is 1.71. The van der Waals surface area contributed by atoms with Gasteiger partial charge >= 0.3 is 0 Å². The van der Waals surface area contributed by atoms with Gasteiger partial charge in [-0.1, -0.05) is 39.2 Å². The van der Waals surface area contributed by atoms with Crippen LogP contribution in [0.1, 0.15) is 39.5 Å². The molecule has 0 aromatic heterocycles. The van der Waals surface area contributed by atoms with Crippen LogP contribution >= 0.6 is 0 Å². The predicted octanol–water partition coefficient (Wildman–Crippen LogP) is 3.19. The first kappa shape index (κ1) is 19.6. The van der Waals surface area contributed by atoms with E-state index in [2.05, 4.69) is 18.7 Å². The molecule has 0 radical (unpaired) electrons. The van der Waals surface area contributed by atoms with E-state index >= 15 is 0 Å². The van der Waals surface area contributed by atoms with Crippen LogP contribution in [0.5, 0.6) is 11.5 Å². The lowest BCUT2D eigenvalue weighted by atomic mass is 10.2. The van der Waals surface area contributed by atoms with E-state index in [-0.39, 0.29) is 12.5 Å². The van der Waals surface area contributed by atoms with Crippen molar-refractivity contribution >= 4 is 5.91 Å². The Hall–Kier alpha value is -1.75. The van der Waals surface area contributed by atoms with E-state index in [1.54, 1.807) is 0 Å². The first-order valence-corrected chi connectivity index (χ1v) is 9.58. The van der Waals surface area contributed by atoms with E-state index in [1.165, 1.54) is 19.3 Å². The van der Waals surface area contributed by atoms with Crippen LogP contribution in [0.25, 0.3) is 0 Å². The zero-order valence-electron chi connectivity index (χ0n) is 15.7. The van der Waals surface area contributed by atoms with Gasteiger partial charge < -0.3 is 19.3 Å². The van der Waals surface area contributed by atoms with Crippen molar-refractivity contribution in [1.29, 1.82) is 0 Å². The highest BCUT2D eigenvalue weighted by Gasteiger charge is 2.20. The van der Waals surface area contributed by atoms with Crippen LogP contribution in [-0.4, -0.2) is 61.6 Å². The number of likely N-dealkylation sites (N-methyl/N-ethyl adjacent to an activating group) is 1. The van der Waals surface area contributed by atoms with E-state index in [0.29, 0.717) is 5.75 Å². The van der Waals surface area contributed by atoms with Crippen molar-refractivity contribution in [1.82, 2.24) is 9.80 Å². The monoisotopic (exact) mass is 348 g/mol. The topological polar surface area (TPSA) is 42.0 Å². The van der Waals surface area contributed by atoms with Crippen LogP contribution in [0.4, 0.5) is 0 Å². The molecule has 5 nitrogen and oxygen atoms in total. The lowest BCUT2D eigenvalue weighted by Crippen LogP contribution is -2.49. The minimum atomic E-state index is 0.0571. The summed E-state index contributed by atoms with van der Waals surface area (Å²) in [5.41, 5.74) is 0. The van der Waals surface area contributed by atoms with E-state index in [1.807, 2.05) is 29.2 Å². The third kappa shape index (κ3) is 6.94. The number of unbranched alkanes of at least 4 members (excludes halogenated alkanes) is 3. The van der Waals surface area contributed by atoms with Crippen LogP contribution in [0.2, 0.25) is 0 Å². The number of ether oxygens (including phenoxy) is 2. The first-order chi connectivity index (χ1) is 12.2. The number of benzene rings is 1. The van der Waals surface area contributed by atoms with Crippen molar-refractivity contribution in [3.8, 4) is 11.5 Å². The maximum absolute atomic E-state index is 12.3. The summed E-state index contributed by atoms with van der Waals surface area (Å²) in [6, 6.07) is 7.56. The van der Waals surface area contributed by atoms with Gasteiger partial charge in [0.15, 0.2) is 6.61 Å². The third-order valence-electron chi connectivity index (χ3n) is 4.61. The van der Waals surface area contributed by atoms with Crippen molar-refractivity contribution in [2.75, 3.05) is 45.9 Å². The molecular formula is C20H32N2O3. The van der Waals surface area contributed by atoms with Gasteiger partial charge in [-0.15, -0.1) is 0 Å². The minimum absolute atomic E-state index is 0.0571. The van der Waals surface area contributed by atoms with E-state index in [9.17, 15) is 4.79 Å². The SMILES string of the molecule is CCCCCCOc1cccc(OCC(=O)N2CCN(CC)CC2)c1. The second-order valence-electron chi connectivity index (χ2n) is 6.49. The Morgan fingerprint density at radius 3 is 2.40 bits per heavy atom. The molecule has 0 aliphatic carbocycles. The molecule has 0 bridgehead atoms. The number of piperazine rings is 1. The van der Waals surface area contributed by atoms with Gasteiger partial charge in [0.1, 0.15) is 11.5 Å². The molecule has 0 spiro atoms. The normalized spacial score (nSPS) is 15.2. The standard InChI is InChI=1S/C20H32N2O3/c1-3-5-6-7-15-24-18-9-8-10-19(16-18)25-17-20(23)22-13-11-21(4-2)12-14-22/h8-10,16H,3-7,11-15,17H2,1-2H3. The Kier molecular flexibility index (Phi) is 8.60. The molecule has 1 aromatic rings. The van der Waals surface area contributed by atoms with Gasteiger partial charge in [0.25, 0.3) is 5.91 Å². The Bertz CT molecular complexity index is 513. The Labute approximate surface area is 151 Å². The predicted molar refractivity (Wildman–Crippen MR) is 100 cm³/mol. The number of rotatable bonds is 10. The second kappa shape index (κ2) is 11.0. The van der Waals surface area contributed by atoms with Crippen molar-refractivity contribution in [2.45, 2.75) is 39.5 Å². The van der Waals surface area contributed by atoms with Crippen LogP contribution in [0, 0.1) is 0 Å². The molecule has 0 unspecified atom stereocenters. The fraction of sp³-hybridized carbons (Fsp3) is 0.650. The molecule has 1 aliphatic rings. The van der Waals surface area contributed by atoms with Crippen LogP contribution in [-0.2, 0) is 4.79 Å². The molecule has 1 aromatic carbocycles. The van der Waals surface area contributed by atoms with E-state index in [0.717, 1.165) is 51.5 Å². The largest absolute Gasteiger partial charge is 0.493 e. The number of nitrogens with zero attached hydrogens (tertiary/aromatic N) is 2. The van der Waals surface area contributed by atoms with Crippen LogP contribution in [0.15, 0.2) is 24.3 Å². The van der Waals surface area contributed by atoms with Crippen molar-refractivity contribution in [3.05, 3.63) is 24.3 Å². The summed E-state index contributed by atoms with van der Waals surface area (Å²) in [5, 5.41) is 0. The molecule has 5 heteroatoms.